The molecule has 2 heterocycles. The summed E-state index contributed by atoms with van der Waals surface area (Å²) >= 11 is 1.60. The minimum atomic E-state index is -0.303. The van der Waals surface area contributed by atoms with Gasteiger partial charge in [0.1, 0.15) is 12.2 Å². The number of nitrogens with one attached hydrogen (secondary N) is 1. The predicted molar refractivity (Wildman–Crippen MR) is 120 cm³/mol. The van der Waals surface area contributed by atoms with Crippen LogP contribution in [0.1, 0.15) is 25.6 Å². The number of hydrogen-bond donors (Lipinski definition) is 1. The fourth-order valence-corrected chi connectivity index (χ4v) is 4.02. The molecule has 2 aromatic heterocycles. The van der Waals surface area contributed by atoms with Gasteiger partial charge in [-0.15, -0.1) is 11.3 Å². The molecule has 0 unspecified atom stereocenters. The van der Waals surface area contributed by atoms with Gasteiger partial charge in [-0.3, -0.25) is 9.59 Å². The molecule has 0 bridgehead atoms. The Bertz CT molecular complexity index is 1040. The fraction of sp³-hybridized carbons (Fsp3) is 0.318. The van der Waals surface area contributed by atoms with Crippen LogP contribution in [0.3, 0.4) is 0 Å². The summed E-state index contributed by atoms with van der Waals surface area (Å²) in [6.45, 7) is 9.21. The first-order chi connectivity index (χ1) is 13.9. The molecule has 0 radical (unpaired) electrons. The van der Waals surface area contributed by atoms with Crippen LogP contribution in [0.15, 0.2) is 53.3 Å². The SMILES string of the molecule is CCN(c1ccc(NC(=O)Cn2nc(-c3ccc(C)s3)ccc2=O)cc1)C(C)C. The van der Waals surface area contributed by atoms with Crippen LogP contribution in [-0.4, -0.2) is 28.3 Å². The molecule has 0 saturated carbocycles. The number of benzene rings is 1. The van der Waals surface area contributed by atoms with Gasteiger partial charge in [-0.2, -0.15) is 5.10 Å². The maximum atomic E-state index is 12.5. The van der Waals surface area contributed by atoms with E-state index in [4.69, 9.17) is 0 Å². The van der Waals surface area contributed by atoms with Gasteiger partial charge >= 0.3 is 0 Å². The predicted octanol–water partition coefficient (Wildman–Crippen LogP) is 4.15. The molecule has 0 aliphatic heterocycles. The maximum Gasteiger partial charge on any atom is 0.267 e. The summed E-state index contributed by atoms with van der Waals surface area (Å²) in [4.78, 5) is 29.0. The van der Waals surface area contributed by atoms with Gasteiger partial charge in [0.2, 0.25) is 5.91 Å². The lowest BCUT2D eigenvalue weighted by Gasteiger charge is -2.27. The summed E-state index contributed by atoms with van der Waals surface area (Å²) in [5, 5.41) is 7.19. The lowest BCUT2D eigenvalue weighted by Crippen LogP contribution is -2.30. The zero-order valence-electron chi connectivity index (χ0n) is 17.2. The van der Waals surface area contributed by atoms with Gasteiger partial charge in [-0.1, -0.05) is 0 Å². The molecule has 1 N–H and O–H groups in total. The summed E-state index contributed by atoms with van der Waals surface area (Å²) in [7, 11) is 0. The third-order valence-corrected chi connectivity index (χ3v) is 5.62. The van der Waals surface area contributed by atoms with E-state index >= 15 is 0 Å². The zero-order valence-corrected chi connectivity index (χ0v) is 18.0. The minimum Gasteiger partial charge on any atom is -0.369 e. The van der Waals surface area contributed by atoms with Crippen LogP contribution in [-0.2, 0) is 11.3 Å². The first-order valence-corrected chi connectivity index (χ1v) is 10.5. The molecule has 3 aromatic rings. The summed E-state index contributed by atoms with van der Waals surface area (Å²) in [5.41, 5.74) is 2.19. The molecule has 0 fully saturated rings. The molecule has 6 nitrogen and oxygen atoms in total. The van der Waals surface area contributed by atoms with Crippen LogP contribution in [0, 0.1) is 6.92 Å². The molecule has 1 amide bonds. The lowest BCUT2D eigenvalue weighted by atomic mass is 10.2. The highest BCUT2D eigenvalue weighted by molar-refractivity contribution is 7.15. The number of carbonyl (C=O) groups is 1. The Hall–Kier alpha value is -2.93. The Kier molecular flexibility index (Phi) is 6.49. The number of hydrogen-bond acceptors (Lipinski definition) is 5. The summed E-state index contributed by atoms with van der Waals surface area (Å²) in [6.07, 6.45) is 0. The highest BCUT2D eigenvalue weighted by Gasteiger charge is 2.11. The monoisotopic (exact) mass is 410 g/mol. The van der Waals surface area contributed by atoms with Crippen molar-refractivity contribution >= 4 is 28.6 Å². The second kappa shape index (κ2) is 9.05. The molecule has 3 rings (SSSR count). The number of aromatic nitrogens is 2. The van der Waals surface area contributed by atoms with Crippen molar-refractivity contribution in [3.63, 3.8) is 0 Å². The van der Waals surface area contributed by atoms with E-state index < -0.39 is 0 Å². The van der Waals surface area contributed by atoms with Gasteiger partial charge in [0.05, 0.1) is 4.88 Å². The smallest absolute Gasteiger partial charge is 0.267 e. The third-order valence-electron chi connectivity index (χ3n) is 4.60. The van der Waals surface area contributed by atoms with Crippen molar-refractivity contribution in [1.29, 1.82) is 0 Å². The Morgan fingerprint density at radius 2 is 1.86 bits per heavy atom. The van der Waals surface area contributed by atoms with Crippen molar-refractivity contribution in [3.05, 3.63) is 63.8 Å². The van der Waals surface area contributed by atoms with Gasteiger partial charge in [0.25, 0.3) is 5.56 Å². The number of rotatable bonds is 7. The van der Waals surface area contributed by atoms with Crippen molar-refractivity contribution in [2.45, 2.75) is 40.3 Å². The first kappa shape index (κ1) is 20.8. The van der Waals surface area contributed by atoms with E-state index in [0.29, 0.717) is 17.4 Å². The Morgan fingerprint density at radius 3 is 2.45 bits per heavy atom. The molecular formula is C22H26N4O2S. The highest BCUT2D eigenvalue weighted by Crippen LogP contribution is 2.25. The van der Waals surface area contributed by atoms with Crippen molar-refractivity contribution in [3.8, 4) is 10.6 Å². The molecule has 7 heteroatoms. The van der Waals surface area contributed by atoms with Crippen molar-refractivity contribution in [2.24, 2.45) is 0 Å². The van der Waals surface area contributed by atoms with Crippen LogP contribution in [0.25, 0.3) is 10.6 Å². The number of anilines is 2. The van der Waals surface area contributed by atoms with E-state index in [2.05, 4.69) is 36.1 Å². The van der Waals surface area contributed by atoms with Gasteiger partial charge in [0, 0.05) is 34.9 Å². The van der Waals surface area contributed by atoms with Crippen LogP contribution in [0.4, 0.5) is 11.4 Å². The second-order valence-corrected chi connectivity index (χ2v) is 8.39. The lowest BCUT2D eigenvalue weighted by molar-refractivity contribution is -0.117. The molecule has 0 spiro atoms. The van der Waals surface area contributed by atoms with Crippen LogP contribution < -0.4 is 15.8 Å². The van der Waals surface area contributed by atoms with Gasteiger partial charge in [-0.05, 0) is 70.2 Å². The molecule has 0 saturated heterocycles. The normalized spacial score (nSPS) is 10.9. The van der Waals surface area contributed by atoms with E-state index in [1.165, 1.54) is 15.6 Å². The molecule has 29 heavy (non-hydrogen) atoms. The molecule has 0 aliphatic carbocycles. The van der Waals surface area contributed by atoms with Gasteiger partial charge in [-0.25, -0.2) is 4.68 Å². The molecule has 1 aromatic carbocycles. The first-order valence-electron chi connectivity index (χ1n) is 9.69. The molecule has 0 atom stereocenters. The number of aryl methyl sites for hydroxylation is 1. The third kappa shape index (κ3) is 5.12. The van der Waals surface area contributed by atoms with Crippen molar-refractivity contribution < 1.29 is 4.79 Å². The number of nitrogens with zero attached hydrogens (tertiary/aromatic N) is 3. The standard InChI is InChI=1S/C22H26N4O2S/c1-5-25(15(2)3)18-9-7-17(8-10-18)23-21(27)14-26-22(28)13-11-19(24-26)20-12-6-16(4)29-20/h6-13,15H,5,14H2,1-4H3,(H,23,27). The van der Waals surface area contributed by atoms with E-state index in [1.54, 1.807) is 17.4 Å². The van der Waals surface area contributed by atoms with Gasteiger partial charge in [0.15, 0.2) is 0 Å². The Labute approximate surface area is 174 Å². The number of thiophene rings is 1. The van der Waals surface area contributed by atoms with E-state index in [1.807, 2.05) is 43.3 Å². The summed E-state index contributed by atoms with van der Waals surface area (Å²) in [6, 6.07) is 15.2. The van der Waals surface area contributed by atoms with E-state index in [-0.39, 0.29) is 18.0 Å². The molecule has 152 valence electrons. The fourth-order valence-electron chi connectivity index (χ4n) is 3.18. The molecule has 0 aliphatic rings. The highest BCUT2D eigenvalue weighted by atomic mass is 32.1. The summed E-state index contributed by atoms with van der Waals surface area (Å²) < 4.78 is 1.20. The van der Waals surface area contributed by atoms with Crippen LogP contribution >= 0.6 is 11.3 Å². The largest absolute Gasteiger partial charge is 0.369 e. The van der Waals surface area contributed by atoms with Crippen LogP contribution in [0.2, 0.25) is 0 Å². The molecular weight excluding hydrogens is 384 g/mol. The summed E-state index contributed by atoms with van der Waals surface area (Å²) in [5.74, 6) is -0.289. The van der Waals surface area contributed by atoms with E-state index in [0.717, 1.165) is 17.1 Å². The van der Waals surface area contributed by atoms with Crippen molar-refractivity contribution in [2.75, 3.05) is 16.8 Å². The minimum absolute atomic E-state index is 0.133. The Balaban J connectivity index is 1.70. The quantitative estimate of drug-likeness (QED) is 0.635. The maximum absolute atomic E-state index is 12.5. The van der Waals surface area contributed by atoms with Crippen LogP contribution in [0.5, 0.6) is 0 Å². The van der Waals surface area contributed by atoms with E-state index in [9.17, 15) is 9.59 Å². The average Bonchev–Trinajstić information content (AvgIpc) is 3.11. The number of amides is 1. The van der Waals surface area contributed by atoms with Crippen molar-refractivity contribution in [1.82, 2.24) is 9.78 Å². The number of carbonyl (C=O) groups excluding carboxylic acids is 1. The topological polar surface area (TPSA) is 67.2 Å². The van der Waals surface area contributed by atoms with Gasteiger partial charge < -0.3 is 10.2 Å². The average molecular weight is 411 g/mol. The Morgan fingerprint density at radius 1 is 1.14 bits per heavy atom. The zero-order chi connectivity index (χ0) is 21.0. The second-order valence-electron chi connectivity index (χ2n) is 7.10.